The Morgan fingerprint density at radius 1 is 1.47 bits per heavy atom. The number of benzene rings is 1. The van der Waals surface area contributed by atoms with Gasteiger partial charge in [0.2, 0.25) is 0 Å². The second-order valence-corrected chi connectivity index (χ2v) is 5.67. The number of alkyl halides is 1. The molecule has 1 aromatic rings. The Morgan fingerprint density at radius 3 is 2.79 bits per heavy atom. The molecule has 1 unspecified atom stereocenters. The normalized spacial score (nSPS) is 12.2. The van der Waals surface area contributed by atoms with Gasteiger partial charge in [-0.2, -0.15) is 0 Å². The quantitative estimate of drug-likeness (QED) is 0.725. The molecule has 1 aromatic carbocycles. The van der Waals surface area contributed by atoms with E-state index in [1.165, 1.54) is 18.2 Å². The van der Waals surface area contributed by atoms with E-state index < -0.39 is 5.82 Å². The van der Waals surface area contributed by atoms with Gasteiger partial charge in [-0.1, -0.05) is 40.9 Å². The fraction of sp³-hybridized carbons (Fsp3) is 0.500. The van der Waals surface area contributed by atoms with Crippen LogP contribution in [0, 0.1) is 11.7 Å². The molecule has 1 rings (SSSR count). The maximum absolute atomic E-state index is 13.0. The van der Waals surface area contributed by atoms with Gasteiger partial charge in [0.1, 0.15) is 5.82 Å². The number of nitrogens with one attached hydrogen (secondary N) is 1. The fourth-order valence-corrected chi connectivity index (χ4v) is 2.72. The lowest BCUT2D eigenvalue weighted by Crippen LogP contribution is -2.29. The molecule has 0 fully saturated rings. The molecule has 1 amide bonds. The Hall–Kier alpha value is -0.610. The van der Waals surface area contributed by atoms with E-state index in [9.17, 15) is 9.18 Å². The minimum atomic E-state index is -0.513. The first-order valence-electron chi connectivity index (χ1n) is 6.37. The summed E-state index contributed by atoms with van der Waals surface area (Å²) in [5.74, 6) is -0.261. The highest BCUT2D eigenvalue weighted by Crippen LogP contribution is 2.16. The lowest BCUT2D eigenvalue weighted by molar-refractivity contribution is 0.0946. The number of hydrogen-bond donors (Lipinski definition) is 1. The molecule has 0 bridgehead atoms. The van der Waals surface area contributed by atoms with Gasteiger partial charge in [0, 0.05) is 17.4 Å². The summed E-state index contributed by atoms with van der Waals surface area (Å²) in [5, 5.41) is 3.77. The van der Waals surface area contributed by atoms with Crippen molar-refractivity contribution < 1.29 is 9.18 Å². The largest absolute Gasteiger partial charge is 0.352 e. The Balaban J connectivity index is 2.56. The zero-order valence-electron chi connectivity index (χ0n) is 10.9. The number of amides is 1. The molecule has 0 heterocycles. The van der Waals surface area contributed by atoms with Crippen LogP contribution in [0.4, 0.5) is 4.39 Å². The van der Waals surface area contributed by atoms with E-state index in [4.69, 9.17) is 11.6 Å². The van der Waals surface area contributed by atoms with E-state index >= 15 is 0 Å². The monoisotopic (exact) mass is 349 g/mol. The van der Waals surface area contributed by atoms with Crippen LogP contribution in [-0.4, -0.2) is 17.8 Å². The standard InChI is InChI=1S/C14H18BrClFNO/c1-2-3-10(6-7-15)9-18-14(19)11-4-5-13(17)12(16)8-11/h4-5,8,10H,2-3,6-7,9H2,1H3,(H,18,19). The fourth-order valence-electron chi connectivity index (χ4n) is 1.89. The van der Waals surface area contributed by atoms with Crippen LogP contribution >= 0.6 is 27.5 Å². The van der Waals surface area contributed by atoms with E-state index in [2.05, 4.69) is 28.2 Å². The molecule has 0 saturated heterocycles. The van der Waals surface area contributed by atoms with Crippen molar-refractivity contribution in [1.82, 2.24) is 5.32 Å². The average Bonchev–Trinajstić information content (AvgIpc) is 2.39. The van der Waals surface area contributed by atoms with Crippen molar-refractivity contribution in [3.05, 3.63) is 34.6 Å². The van der Waals surface area contributed by atoms with Crippen LogP contribution in [0.3, 0.4) is 0 Å². The summed E-state index contributed by atoms with van der Waals surface area (Å²) in [6, 6.07) is 4.00. The van der Waals surface area contributed by atoms with Crippen LogP contribution in [0.25, 0.3) is 0 Å². The zero-order chi connectivity index (χ0) is 14.3. The van der Waals surface area contributed by atoms with Crippen molar-refractivity contribution in [2.24, 2.45) is 5.92 Å². The lowest BCUT2D eigenvalue weighted by atomic mass is 10.0. The smallest absolute Gasteiger partial charge is 0.251 e. The maximum atomic E-state index is 13.0. The highest BCUT2D eigenvalue weighted by atomic mass is 79.9. The Labute approximate surface area is 126 Å². The molecule has 1 atom stereocenters. The Morgan fingerprint density at radius 2 is 2.21 bits per heavy atom. The molecular weight excluding hydrogens is 333 g/mol. The SMILES string of the molecule is CCCC(CCBr)CNC(=O)c1ccc(F)c(Cl)c1. The van der Waals surface area contributed by atoms with Crippen LogP contribution < -0.4 is 5.32 Å². The molecule has 0 saturated carbocycles. The first-order valence-corrected chi connectivity index (χ1v) is 7.87. The summed E-state index contributed by atoms with van der Waals surface area (Å²) in [6.07, 6.45) is 3.20. The predicted octanol–water partition coefficient (Wildman–Crippen LogP) is 4.41. The minimum Gasteiger partial charge on any atom is -0.352 e. The van der Waals surface area contributed by atoms with Crippen molar-refractivity contribution >= 4 is 33.4 Å². The van der Waals surface area contributed by atoms with Gasteiger partial charge in [0.15, 0.2) is 0 Å². The lowest BCUT2D eigenvalue weighted by Gasteiger charge is -2.15. The van der Waals surface area contributed by atoms with Crippen LogP contribution in [0.2, 0.25) is 5.02 Å². The number of rotatable bonds is 7. The molecule has 0 spiro atoms. The van der Waals surface area contributed by atoms with Crippen LogP contribution in [0.15, 0.2) is 18.2 Å². The molecule has 106 valence electrons. The second-order valence-electron chi connectivity index (χ2n) is 4.47. The van der Waals surface area contributed by atoms with E-state index in [0.717, 1.165) is 24.6 Å². The van der Waals surface area contributed by atoms with Gasteiger partial charge in [-0.05, 0) is 37.0 Å². The number of halogens is 3. The summed E-state index contributed by atoms with van der Waals surface area (Å²) in [6.45, 7) is 2.76. The Kier molecular flexibility index (Phi) is 7.39. The van der Waals surface area contributed by atoms with Gasteiger partial charge in [-0.3, -0.25) is 4.79 Å². The van der Waals surface area contributed by atoms with Crippen LogP contribution in [-0.2, 0) is 0 Å². The summed E-state index contributed by atoms with van der Waals surface area (Å²) >= 11 is 9.08. The Bertz CT molecular complexity index is 422. The highest BCUT2D eigenvalue weighted by Gasteiger charge is 2.12. The molecule has 0 aliphatic heterocycles. The summed E-state index contributed by atoms with van der Waals surface area (Å²) in [4.78, 5) is 11.9. The van der Waals surface area contributed by atoms with E-state index in [1.807, 2.05) is 0 Å². The third kappa shape index (κ3) is 5.49. The molecule has 0 aromatic heterocycles. The highest BCUT2D eigenvalue weighted by molar-refractivity contribution is 9.09. The van der Waals surface area contributed by atoms with Crippen molar-refractivity contribution in [2.45, 2.75) is 26.2 Å². The van der Waals surface area contributed by atoms with E-state index in [0.29, 0.717) is 18.0 Å². The summed E-state index contributed by atoms with van der Waals surface area (Å²) in [5.41, 5.74) is 0.389. The van der Waals surface area contributed by atoms with Crippen molar-refractivity contribution in [3.8, 4) is 0 Å². The zero-order valence-corrected chi connectivity index (χ0v) is 13.2. The van der Waals surface area contributed by atoms with Crippen molar-refractivity contribution in [2.75, 3.05) is 11.9 Å². The maximum Gasteiger partial charge on any atom is 0.251 e. The first-order chi connectivity index (χ1) is 9.08. The van der Waals surface area contributed by atoms with Gasteiger partial charge in [0.05, 0.1) is 5.02 Å². The predicted molar refractivity (Wildman–Crippen MR) is 80.6 cm³/mol. The molecular formula is C14H18BrClFNO. The molecule has 1 N–H and O–H groups in total. The minimum absolute atomic E-state index is 0.0294. The van der Waals surface area contributed by atoms with Crippen LogP contribution in [0.1, 0.15) is 36.5 Å². The third-order valence-corrected chi connectivity index (χ3v) is 3.69. The van der Waals surface area contributed by atoms with Gasteiger partial charge >= 0.3 is 0 Å². The van der Waals surface area contributed by atoms with E-state index in [-0.39, 0.29) is 10.9 Å². The van der Waals surface area contributed by atoms with Gasteiger partial charge in [-0.25, -0.2) is 4.39 Å². The topological polar surface area (TPSA) is 29.1 Å². The summed E-state index contributed by atoms with van der Waals surface area (Å²) in [7, 11) is 0. The summed E-state index contributed by atoms with van der Waals surface area (Å²) < 4.78 is 13.0. The number of hydrogen-bond acceptors (Lipinski definition) is 1. The molecule has 2 nitrogen and oxygen atoms in total. The van der Waals surface area contributed by atoms with Crippen molar-refractivity contribution in [3.63, 3.8) is 0 Å². The van der Waals surface area contributed by atoms with Crippen LogP contribution in [0.5, 0.6) is 0 Å². The van der Waals surface area contributed by atoms with Gasteiger partial charge in [0.25, 0.3) is 5.91 Å². The molecule has 19 heavy (non-hydrogen) atoms. The molecule has 0 aliphatic carbocycles. The van der Waals surface area contributed by atoms with E-state index in [1.54, 1.807) is 0 Å². The van der Waals surface area contributed by atoms with Gasteiger partial charge < -0.3 is 5.32 Å². The van der Waals surface area contributed by atoms with Gasteiger partial charge in [-0.15, -0.1) is 0 Å². The molecule has 0 radical (unpaired) electrons. The molecule has 5 heteroatoms. The number of carbonyl (C=O) groups excluding carboxylic acids is 1. The number of carbonyl (C=O) groups is 1. The third-order valence-electron chi connectivity index (χ3n) is 2.95. The molecule has 0 aliphatic rings. The average molecular weight is 351 g/mol. The van der Waals surface area contributed by atoms with Crippen molar-refractivity contribution in [1.29, 1.82) is 0 Å². The first kappa shape index (κ1) is 16.4. The second kappa shape index (κ2) is 8.54.